The fraction of sp³-hybridized carbons (Fsp3) is 0.133. The summed E-state index contributed by atoms with van der Waals surface area (Å²) in [5.74, 6) is -3.87. The van der Waals surface area contributed by atoms with Gasteiger partial charge in [0.2, 0.25) is 0 Å². The zero-order valence-electron chi connectivity index (χ0n) is 22.0. The Bertz CT molecular complexity index is 1660. The van der Waals surface area contributed by atoms with Gasteiger partial charge in [-0.15, -0.1) is 26.3 Å². The molecule has 0 saturated carbocycles. The number of alkyl halides is 6. The number of carbonyl (C=O) groups excluding carboxylic acids is 4. The smallest absolute Gasteiger partial charge is 0.406 e. The Balaban J connectivity index is 1.28. The number of imide groups is 2. The van der Waals surface area contributed by atoms with Crippen LogP contribution >= 0.6 is 0 Å². The van der Waals surface area contributed by atoms with E-state index in [0.29, 0.717) is 11.1 Å². The molecule has 2 aliphatic heterocycles. The Morgan fingerprint density at radius 2 is 0.727 bits per heavy atom. The van der Waals surface area contributed by atoms with Crippen LogP contribution in [0.5, 0.6) is 11.5 Å². The molecule has 6 rings (SSSR count). The topological polar surface area (TPSA) is 93.2 Å². The van der Waals surface area contributed by atoms with Gasteiger partial charge in [0.15, 0.2) is 0 Å². The highest BCUT2D eigenvalue weighted by Gasteiger charge is 2.40. The number of benzene rings is 4. The lowest BCUT2D eigenvalue weighted by atomic mass is 9.85. The van der Waals surface area contributed by atoms with E-state index in [1.807, 2.05) is 0 Å². The number of nitrogens with zero attached hydrogens (tertiary/aromatic N) is 2. The van der Waals surface area contributed by atoms with Gasteiger partial charge in [-0.1, -0.05) is 24.3 Å². The Morgan fingerprint density at radius 3 is 0.977 bits per heavy atom. The molecule has 0 atom stereocenters. The van der Waals surface area contributed by atoms with Crippen LogP contribution < -0.4 is 9.47 Å². The van der Waals surface area contributed by atoms with Crippen LogP contribution in [0.15, 0.2) is 72.8 Å². The minimum atomic E-state index is -4.89. The third-order valence-electron chi connectivity index (χ3n) is 7.06. The predicted molar refractivity (Wildman–Crippen MR) is 139 cm³/mol. The Morgan fingerprint density at radius 1 is 0.455 bits per heavy atom. The van der Waals surface area contributed by atoms with Crippen molar-refractivity contribution in [2.24, 2.45) is 0 Å². The van der Waals surface area contributed by atoms with Crippen molar-refractivity contribution in [2.75, 3.05) is 0 Å². The van der Waals surface area contributed by atoms with E-state index >= 15 is 0 Å². The number of halogens is 6. The Labute approximate surface area is 243 Å². The molecule has 2 heterocycles. The standard InChI is InChI=1S/C30H16F6N2O6/c31-29(32,33)43-17-5-1-15(2-6-17)13-37-25(39)19-9-11-21-24-22(12-10-20(23(19)24)26(37)40)28(42)38(27(21)41)14-16-3-7-18(8-4-16)44-30(34,35)36/h1-12H,13-14H2. The normalized spacial score (nSPS) is 14.9. The fourth-order valence-electron chi connectivity index (χ4n) is 5.22. The second-order valence-corrected chi connectivity index (χ2v) is 9.85. The molecular weight excluding hydrogens is 598 g/mol. The van der Waals surface area contributed by atoms with Crippen molar-refractivity contribution < 1.29 is 55.0 Å². The van der Waals surface area contributed by atoms with Gasteiger partial charge in [0.05, 0.1) is 13.1 Å². The van der Waals surface area contributed by atoms with Crippen LogP contribution in [-0.2, 0) is 13.1 Å². The van der Waals surface area contributed by atoms with Crippen LogP contribution in [0.25, 0.3) is 10.8 Å². The van der Waals surface area contributed by atoms with Gasteiger partial charge in [0, 0.05) is 33.0 Å². The van der Waals surface area contributed by atoms with E-state index < -0.39 is 47.9 Å². The summed E-state index contributed by atoms with van der Waals surface area (Å²) in [4.78, 5) is 55.6. The van der Waals surface area contributed by atoms with E-state index in [9.17, 15) is 45.5 Å². The molecule has 224 valence electrons. The van der Waals surface area contributed by atoms with Crippen LogP contribution in [0.4, 0.5) is 26.3 Å². The number of carbonyl (C=O) groups is 4. The van der Waals surface area contributed by atoms with E-state index in [0.717, 1.165) is 34.1 Å². The van der Waals surface area contributed by atoms with Gasteiger partial charge in [-0.3, -0.25) is 29.0 Å². The summed E-state index contributed by atoms with van der Waals surface area (Å²) < 4.78 is 82.6. The van der Waals surface area contributed by atoms with Crippen molar-refractivity contribution in [1.82, 2.24) is 9.80 Å². The average molecular weight is 614 g/mol. The van der Waals surface area contributed by atoms with E-state index in [1.165, 1.54) is 48.5 Å². The van der Waals surface area contributed by atoms with Crippen molar-refractivity contribution in [1.29, 1.82) is 0 Å². The molecule has 14 heteroatoms. The first-order valence-electron chi connectivity index (χ1n) is 12.7. The number of hydrogen-bond acceptors (Lipinski definition) is 6. The molecule has 0 aliphatic carbocycles. The highest BCUT2D eigenvalue weighted by molar-refractivity contribution is 6.33. The number of ether oxygens (including phenoxy) is 2. The summed E-state index contributed by atoms with van der Waals surface area (Å²) in [6, 6.07) is 14.7. The minimum Gasteiger partial charge on any atom is -0.406 e. The predicted octanol–water partition coefficient (Wildman–Crippen LogP) is 6.23. The molecule has 8 nitrogen and oxygen atoms in total. The van der Waals surface area contributed by atoms with Crippen LogP contribution in [0.3, 0.4) is 0 Å². The van der Waals surface area contributed by atoms with Gasteiger partial charge < -0.3 is 9.47 Å². The molecule has 0 fully saturated rings. The van der Waals surface area contributed by atoms with E-state index in [1.54, 1.807) is 0 Å². The monoisotopic (exact) mass is 614 g/mol. The zero-order valence-corrected chi connectivity index (χ0v) is 22.0. The number of rotatable bonds is 6. The highest BCUT2D eigenvalue weighted by atomic mass is 19.4. The van der Waals surface area contributed by atoms with Crippen LogP contribution in [0.2, 0.25) is 0 Å². The maximum absolute atomic E-state index is 13.5. The highest BCUT2D eigenvalue weighted by Crippen LogP contribution is 2.39. The maximum atomic E-state index is 13.5. The molecular formula is C30H16F6N2O6. The quantitative estimate of drug-likeness (QED) is 0.189. The molecule has 4 aromatic carbocycles. The van der Waals surface area contributed by atoms with Gasteiger partial charge >= 0.3 is 12.7 Å². The van der Waals surface area contributed by atoms with Gasteiger partial charge in [0.25, 0.3) is 23.6 Å². The molecule has 4 amide bonds. The molecule has 0 unspecified atom stereocenters. The minimum absolute atomic E-state index is 0.0477. The summed E-state index contributed by atoms with van der Waals surface area (Å²) in [5, 5.41) is 0.241. The van der Waals surface area contributed by atoms with Crippen LogP contribution in [-0.4, -0.2) is 46.2 Å². The van der Waals surface area contributed by atoms with E-state index in [-0.39, 0.29) is 46.1 Å². The average Bonchev–Trinajstić information content (AvgIpc) is 2.95. The second-order valence-electron chi connectivity index (χ2n) is 9.85. The lowest BCUT2D eigenvalue weighted by molar-refractivity contribution is -0.275. The molecule has 0 saturated heterocycles. The summed E-state index contributed by atoms with van der Waals surface area (Å²) in [6.45, 7) is -0.542. The fourth-order valence-corrected chi connectivity index (χ4v) is 5.22. The summed E-state index contributed by atoms with van der Waals surface area (Å²) in [7, 11) is 0. The van der Waals surface area contributed by atoms with Gasteiger partial charge in [-0.05, 0) is 59.7 Å². The van der Waals surface area contributed by atoms with E-state index in [2.05, 4.69) is 9.47 Å². The zero-order chi connectivity index (χ0) is 31.6. The van der Waals surface area contributed by atoms with Crippen molar-refractivity contribution in [2.45, 2.75) is 25.8 Å². The third kappa shape index (κ3) is 5.18. The van der Waals surface area contributed by atoms with Crippen molar-refractivity contribution in [3.8, 4) is 11.5 Å². The molecule has 2 aliphatic rings. The third-order valence-corrected chi connectivity index (χ3v) is 7.06. The van der Waals surface area contributed by atoms with Gasteiger partial charge in [-0.25, -0.2) is 0 Å². The molecule has 0 bridgehead atoms. The first-order chi connectivity index (χ1) is 20.7. The van der Waals surface area contributed by atoms with Crippen molar-refractivity contribution in [3.05, 3.63) is 106 Å². The number of amides is 4. The Hall–Kier alpha value is -5.40. The first kappa shape index (κ1) is 28.7. The molecule has 0 N–H and O–H groups in total. The first-order valence-corrected chi connectivity index (χ1v) is 12.7. The van der Waals surface area contributed by atoms with Gasteiger partial charge in [-0.2, -0.15) is 0 Å². The maximum Gasteiger partial charge on any atom is 0.573 e. The van der Waals surface area contributed by atoms with Crippen molar-refractivity contribution in [3.63, 3.8) is 0 Å². The molecule has 4 aromatic rings. The largest absolute Gasteiger partial charge is 0.573 e. The lowest BCUT2D eigenvalue weighted by Gasteiger charge is -2.32. The molecule has 44 heavy (non-hydrogen) atoms. The molecule has 0 spiro atoms. The molecule has 0 radical (unpaired) electrons. The van der Waals surface area contributed by atoms with Crippen LogP contribution in [0.1, 0.15) is 52.6 Å². The van der Waals surface area contributed by atoms with E-state index in [4.69, 9.17) is 0 Å². The summed E-state index contributed by atoms with van der Waals surface area (Å²) in [6.07, 6.45) is -9.77. The van der Waals surface area contributed by atoms with Crippen LogP contribution in [0, 0.1) is 0 Å². The second kappa shape index (κ2) is 10.1. The summed E-state index contributed by atoms with van der Waals surface area (Å²) >= 11 is 0. The number of hydrogen-bond donors (Lipinski definition) is 0. The molecule has 0 aromatic heterocycles. The Kier molecular flexibility index (Phi) is 6.59. The SMILES string of the molecule is O=C1c2ccc3c4c(ccc(c24)C(=O)N1Cc1ccc(OC(F)(F)F)cc1)C(=O)N(Cc1ccc(OC(F)(F)F)cc1)C3=O. The van der Waals surface area contributed by atoms with Gasteiger partial charge in [0.1, 0.15) is 11.5 Å². The summed E-state index contributed by atoms with van der Waals surface area (Å²) in [5.41, 5.74) is 0.875. The lowest BCUT2D eigenvalue weighted by Crippen LogP contribution is -2.42. The van der Waals surface area contributed by atoms with Crippen molar-refractivity contribution >= 4 is 34.4 Å².